The minimum atomic E-state index is -0.754. The summed E-state index contributed by atoms with van der Waals surface area (Å²) in [7, 11) is 0. The quantitative estimate of drug-likeness (QED) is 0.785. The fraction of sp³-hybridized carbons (Fsp3) is 0.500. The number of nitrogens with zero attached hydrogens (tertiary/aromatic N) is 3. The number of carbonyl (C=O) groups excluding carboxylic acids is 1. The highest BCUT2D eigenvalue weighted by molar-refractivity contribution is 9.10. The summed E-state index contributed by atoms with van der Waals surface area (Å²) in [4.78, 5) is 12.4. The van der Waals surface area contributed by atoms with Crippen LogP contribution in [-0.2, 0) is 14.9 Å². The van der Waals surface area contributed by atoms with Gasteiger partial charge in [0.25, 0.3) is 0 Å². The zero-order valence-corrected chi connectivity index (χ0v) is 13.5. The molecule has 0 unspecified atom stereocenters. The smallest absolute Gasteiger partial charge is 0.319 e. The first-order valence-electron chi connectivity index (χ1n) is 6.77. The van der Waals surface area contributed by atoms with Crippen molar-refractivity contribution in [2.45, 2.75) is 39.0 Å². The van der Waals surface area contributed by atoms with Gasteiger partial charge in [0.15, 0.2) is 11.5 Å². The van der Waals surface area contributed by atoms with Gasteiger partial charge in [-0.05, 0) is 47.8 Å². The molecule has 0 spiro atoms. The number of halogens is 1. The van der Waals surface area contributed by atoms with Crippen molar-refractivity contribution in [1.82, 2.24) is 14.6 Å². The average molecular weight is 340 g/mol. The highest BCUT2D eigenvalue weighted by Gasteiger charge is 2.42. The van der Waals surface area contributed by atoms with E-state index in [1.165, 1.54) is 0 Å². The van der Waals surface area contributed by atoms with Crippen molar-refractivity contribution in [3.63, 3.8) is 0 Å². The Hall–Kier alpha value is -1.43. The maximum atomic E-state index is 12.4. The van der Waals surface area contributed by atoms with Crippen LogP contribution in [-0.4, -0.2) is 27.2 Å². The zero-order chi connectivity index (χ0) is 14.8. The fourth-order valence-electron chi connectivity index (χ4n) is 2.41. The molecule has 0 saturated heterocycles. The van der Waals surface area contributed by atoms with E-state index in [1.54, 1.807) is 0 Å². The lowest BCUT2D eigenvalue weighted by molar-refractivity contribution is -0.151. The van der Waals surface area contributed by atoms with E-state index in [9.17, 15) is 4.79 Å². The van der Waals surface area contributed by atoms with Crippen LogP contribution in [0.15, 0.2) is 22.8 Å². The SMILES string of the molecule is CCOC(=O)C(CC)(CC)c1nnc2ccc(Br)cn12. The molecule has 0 aliphatic heterocycles. The second-order valence-electron chi connectivity index (χ2n) is 4.61. The molecule has 108 valence electrons. The van der Waals surface area contributed by atoms with E-state index in [2.05, 4.69) is 26.1 Å². The molecule has 0 N–H and O–H groups in total. The molecule has 0 radical (unpaired) electrons. The second-order valence-corrected chi connectivity index (χ2v) is 5.52. The number of aromatic nitrogens is 3. The van der Waals surface area contributed by atoms with E-state index < -0.39 is 5.41 Å². The first-order valence-corrected chi connectivity index (χ1v) is 7.56. The Labute approximate surface area is 126 Å². The van der Waals surface area contributed by atoms with Crippen molar-refractivity contribution >= 4 is 27.5 Å². The molecule has 2 heterocycles. The third kappa shape index (κ3) is 2.32. The predicted molar refractivity (Wildman–Crippen MR) is 79.6 cm³/mol. The summed E-state index contributed by atoms with van der Waals surface area (Å²) in [6.45, 7) is 6.12. The third-order valence-corrected chi connectivity index (χ3v) is 4.14. The van der Waals surface area contributed by atoms with Gasteiger partial charge >= 0.3 is 5.97 Å². The minimum absolute atomic E-state index is 0.237. The molecule has 0 bridgehead atoms. The molecular formula is C14H18BrN3O2. The molecular weight excluding hydrogens is 322 g/mol. The predicted octanol–water partition coefficient (Wildman–Crippen LogP) is 3.11. The van der Waals surface area contributed by atoms with Gasteiger partial charge in [-0.15, -0.1) is 10.2 Å². The van der Waals surface area contributed by atoms with Crippen molar-refractivity contribution in [3.05, 3.63) is 28.6 Å². The molecule has 0 fully saturated rings. The van der Waals surface area contributed by atoms with Crippen LogP contribution in [0, 0.1) is 0 Å². The number of pyridine rings is 1. The molecule has 6 heteroatoms. The molecule has 0 aromatic carbocycles. The monoisotopic (exact) mass is 339 g/mol. The average Bonchev–Trinajstić information content (AvgIpc) is 2.85. The van der Waals surface area contributed by atoms with Gasteiger partial charge in [0, 0.05) is 10.7 Å². The van der Waals surface area contributed by atoms with Gasteiger partial charge in [-0.2, -0.15) is 0 Å². The Kier molecular flexibility index (Phi) is 4.42. The van der Waals surface area contributed by atoms with Crippen LogP contribution in [0.4, 0.5) is 0 Å². The van der Waals surface area contributed by atoms with Gasteiger partial charge in [0.05, 0.1) is 6.61 Å². The van der Waals surface area contributed by atoms with Gasteiger partial charge in [-0.1, -0.05) is 13.8 Å². The molecule has 0 atom stereocenters. The Bertz CT molecular complexity index is 620. The lowest BCUT2D eigenvalue weighted by atomic mass is 9.81. The summed E-state index contributed by atoms with van der Waals surface area (Å²) in [6.07, 6.45) is 3.12. The van der Waals surface area contributed by atoms with Crippen LogP contribution in [0.25, 0.3) is 5.65 Å². The van der Waals surface area contributed by atoms with Crippen LogP contribution in [0.2, 0.25) is 0 Å². The highest BCUT2D eigenvalue weighted by atomic mass is 79.9. The number of ether oxygens (including phenoxy) is 1. The van der Waals surface area contributed by atoms with Gasteiger partial charge in [0.1, 0.15) is 5.41 Å². The molecule has 2 rings (SSSR count). The highest BCUT2D eigenvalue weighted by Crippen LogP contribution is 2.32. The van der Waals surface area contributed by atoms with Crippen molar-refractivity contribution in [1.29, 1.82) is 0 Å². The molecule has 0 aliphatic carbocycles. The van der Waals surface area contributed by atoms with Gasteiger partial charge < -0.3 is 4.74 Å². The first kappa shape index (κ1) is 15.0. The normalized spacial score (nSPS) is 11.8. The maximum absolute atomic E-state index is 12.4. The fourth-order valence-corrected chi connectivity index (χ4v) is 2.74. The number of fused-ring (bicyclic) bond motifs is 1. The molecule has 2 aromatic rings. The third-order valence-electron chi connectivity index (χ3n) is 3.67. The summed E-state index contributed by atoms with van der Waals surface area (Å²) in [5.41, 5.74) is -0.0327. The Balaban J connectivity index is 2.62. The number of esters is 1. The number of carbonyl (C=O) groups is 1. The molecule has 0 saturated carbocycles. The first-order chi connectivity index (χ1) is 9.58. The van der Waals surface area contributed by atoms with Crippen LogP contribution >= 0.6 is 15.9 Å². The van der Waals surface area contributed by atoms with E-state index >= 15 is 0 Å². The number of hydrogen-bond acceptors (Lipinski definition) is 4. The van der Waals surface area contributed by atoms with E-state index in [1.807, 2.05) is 43.5 Å². The summed E-state index contributed by atoms with van der Waals surface area (Å²) in [5, 5.41) is 8.39. The van der Waals surface area contributed by atoms with Crippen molar-refractivity contribution in [3.8, 4) is 0 Å². The van der Waals surface area contributed by atoms with E-state index in [0.29, 0.717) is 25.3 Å². The zero-order valence-electron chi connectivity index (χ0n) is 11.9. The largest absolute Gasteiger partial charge is 0.465 e. The van der Waals surface area contributed by atoms with Crippen molar-refractivity contribution in [2.75, 3.05) is 6.61 Å². The Morgan fingerprint density at radius 3 is 2.60 bits per heavy atom. The van der Waals surface area contributed by atoms with Crippen LogP contribution in [0.1, 0.15) is 39.4 Å². The Morgan fingerprint density at radius 2 is 2.00 bits per heavy atom. The van der Waals surface area contributed by atoms with Crippen LogP contribution < -0.4 is 0 Å². The molecule has 2 aromatic heterocycles. The van der Waals surface area contributed by atoms with Gasteiger partial charge in [-0.3, -0.25) is 9.20 Å². The summed E-state index contributed by atoms with van der Waals surface area (Å²) in [6, 6.07) is 3.76. The number of hydrogen-bond donors (Lipinski definition) is 0. The van der Waals surface area contributed by atoms with Crippen LogP contribution in [0.3, 0.4) is 0 Å². The molecule has 0 aliphatic rings. The standard InChI is InChI=1S/C14H18BrN3O2/c1-4-14(5-2,13(19)20-6-3)12-17-16-11-8-7-10(15)9-18(11)12/h7-9H,4-6H2,1-3H3. The lowest BCUT2D eigenvalue weighted by Crippen LogP contribution is -2.38. The minimum Gasteiger partial charge on any atom is -0.465 e. The van der Waals surface area contributed by atoms with E-state index in [4.69, 9.17) is 4.74 Å². The van der Waals surface area contributed by atoms with Gasteiger partial charge in [0.2, 0.25) is 0 Å². The number of rotatable bonds is 5. The summed E-state index contributed by atoms with van der Waals surface area (Å²) >= 11 is 3.44. The summed E-state index contributed by atoms with van der Waals surface area (Å²) in [5.74, 6) is 0.400. The van der Waals surface area contributed by atoms with E-state index in [0.717, 1.165) is 10.1 Å². The second kappa shape index (κ2) is 5.91. The van der Waals surface area contributed by atoms with Gasteiger partial charge in [-0.25, -0.2) is 0 Å². The van der Waals surface area contributed by atoms with Crippen molar-refractivity contribution < 1.29 is 9.53 Å². The molecule has 20 heavy (non-hydrogen) atoms. The maximum Gasteiger partial charge on any atom is 0.319 e. The lowest BCUT2D eigenvalue weighted by Gasteiger charge is -2.27. The van der Waals surface area contributed by atoms with Crippen LogP contribution in [0.5, 0.6) is 0 Å². The molecule has 5 nitrogen and oxygen atoms in total. The topological polar surface area (TPSA) is 56.5 Å². The van der Waals surface area contributed by atoms with E-state index in [-0.39, 0.29) is 5.97 Å². The van der Waals surface area contributed by atoms with Crippen molar-refractivity contribution in [2.24, 2.45) is 0 Å². The summed E-state index contributed by atoms with van der Waals surface area (Å²) < 4.78 is 8.03. The molecule has 0 amide bonds. The Morgan fingerprint density at radius 1 is 1.30 bits per heavy atom.